The minimum absolute atomic E-state index is 0.283. The summed E-state index contributed by atoms with van der Waals surface area (Å²) in [4.78, 5) is 15.4. The van der Waals surface area contributed by atoms with Crippen molar-refractivity contribution in [1.29, 1.82) is 0 Å². The highest BCUT2D eigenvalue weighted by Gasteiger charge is 2.09. The summed E-state index contributed by atoms with van der Waals surface area (Å²) in [6, 6.07) is 14.2. The van der Waals surface area contributed by atoms with Crippen LogP contribution in [-0.2, 0) is 13.0 Å². The molecule has 27 heavy (non-hydrogen) atoms. The molecule has 0 fully saturated rings. The molecule has 0 bridgehead atoms. The van der Waals surface area contributed by atoms with Gasteiger partial charge in [0.15, 0.2) is 0 Å². The zero-order valence-corrected chi connectivity index (χ0v) is 15.9. The molecule has 1 aromatic heterocycles. The lowest BCUT2D eigenvalue weighted by Crippen LogP contribution is -2.29. The van der Waals surface area contributed by atoms with Crippen LogP contribution in [0.25, 0.3) is 0 Å². The number of hydrogen-bond acceptors (Lipinski definition) is 3. The Balaban J connectivity index is 1.74. The van der Waals surface area contributed by atoms with E-state index in [2.05, 4.69) is 47.2 Å². The lowest BCUT2D eigenvalue weighted by molar-refractivity contribution is 0.0696. The predicted octanol–water partition coefficient (Wildman–Crippen LogP) is 5.01. The standard InChI is InChI=1S/C23H30N2O2/c1-2-3-13-21(14-9-5-8-12-19-10-6-4-7-11-19)25-18-22-17-20(23(26)27)15-16-24-22/h2,4,6-7,10-11,15-17,21,25H,1,3,5,8-9,12-14,18H2,(H,26,27)/t21-/m1/s1. The van der Waals surface area contributed by atoms with Crippen molar-refractivity contribution in [2.45, 2.75) is 57.5 Å². The van der Waals surface area contributed by atoms with Crippen LogP contribution >= 0.6 is 0 Å². The molecule has 0 radical (unpaired) electrons. The highest BCUT2D eigenvalue weighted by Crippen LogP contribution is 2.12. The van der Waals surface area contributed by atoms with E-state index >= 15 is 0 Å². The van der Waals surface area contributed by atoms with Crippen LogP contribution in [0.2, 0.25) is 0 Å². The van der Waals surface area contributed by atoms with E-state index in [0.717, 1.165) is 31.4 Å². The number of hydrogen-bond donors (Lipinski definition) is 2. The summed E-state index contributed by atoms with van der Waals surface area (Å²) in [7, 11) is 0. The fraction of sp³-hybridized carbons (Fsp3) is 0.391. The first-order chi connectivity index (χ1) is 13.2. The molecule has 1 aromatic carbocycles. The molecule has 4 nitrogen and oxygen atoms in total. The van der Waals surface area contributed by atoms with Gasteiger partial charge in [0.1, 0.15) is 0 Å². The molecule has 1 atom stereocenters. The topological polar surface area (TPSA) is 62.2 Å². The number of carboxylic acids is 1. The van der Waals surface area contributed by atoms with Gasteiger partial charge in [-0.1, -0.05) is 49.2 Å². The second-order valence-corrected chi connectivity index (χ2v) is 6.87. The molecule has 1 heterocycles. The molecule has 0 aliphatic rings. The maximum atomic E-state index is 11.1. The number of aryl methyl sites for hydroxylation is 1. The highest BCUT2D eigenvalue weighted by molar-refractivity contribution is 5.87. The van der Waals surface area contributed by atoms with Gasteiger partial charge in [-0.25, -0.2) is 4.79 Å². The van der Waals surface area contributed by atoms with Gasteiger partial charge in [-0.3, -0.25) is 4.98 Å². The summed E-state index contributed by atoms with van der Waals surface area (Å²) in [5.41, 5.74) is 2.45. The van der Waals surface area contributed by atoms with Crippen LogP contribution in [0.15, 0.2) is 61.3 Å². The van der Waals surface area contributed by atoms with Crippen molar-refractivity contribution in [3.63, 3.8) is 0 Å². The fourth-order valence-electron chi connectivity index (χ4n) is 3.17. The van der Waals surface area contributed by atoms with Gasteiger partial charge in [0.05, 0.1) is 11.3 Å². The Morgan fingerprint density at radius 1 is 1.15 bits per heavy atom. The molecule has 0 aliphatic carbocycles. The van der Waals surface area contributed by atoms with Crippen LogP contribution in [0.3, 0.4) is 0 Å². The predicted molar refractivity (Wildman–Crippen MR) is 110 cm³/mol. The number of carbonyl (C=O) groups is 1. The smallest absolute Gasteiger partial charge is 0.335 e. The van der Waals surface area contributed by atoms with Crippen LogP contribution in [0.1, 0.15) is 60.1 Å². The molecule has 2 N–H and O–H groups in total. The highest BCUT2D eigenvalue weighted by atomic mass is 16.4. The zero-order valence-electron chi connectivity index (χ0n) is 15.9. The third kappa shape index (κ3) is 8.18. The maximum absolute atomic E-state index is 11.1. The molecule has 0 aliphatic heterocycles. The molecular formula is C23H30N2O2. The molecule has 0 amide bonds. The summed E-state index contributed by atoms with van der Waals surface area (Å²) in [5.74, 6) is -0.916. The number of allylic oxidation sites excluding steroid dienone is 1. The van der Waals surface area contributed by atoms with Crippen molar-refractivity contribution in [3.05, 3.63) is 78.1 Å². The number of nitrogens with one attached hydrogen (secondary N) is 1. The van der Waals surface area contributed by atoms with Gasteiger partial charge < -0.3 is 10.4 Å². The number of rotatable bonds is 13. The minimum Gasteiger partial charge on any atom is -0.478 e. The van der Waals surface area contributed by atoms with E-state index in [1.54, 1.807) is 12.3 Å². The van der Waals surface area contributed by atoms with Crippen molar-refractivity contribution >= 4 is 5.97 Å². The van der Waals surface area contributed by atoms with E-state index in [1.165, 1.54) is 30.9 Å². The summed E-state index contributed by atoms with van der Waals surface area (Å²) < 4.78 is 0. The van der Waals surface area contributed by atoms with Crippen LogP contribution in [-0.4, -0.2) is 22.1 Å². The third-order valence-corrected chi connectivity index (χ3v) is 4.72. The number of carboxylic acid groups (broad SMARTS) is 1. The molecule has 0 spiro atoms. The third-order valence-electron chi connectivity index (χ3n) is 4.72. The number of benzene rings is 1. The summed E-state index contributed by atoms with van der Waals surface area (Å²) in [6.07, 6.45) is 11.4. The second kappa shape index (κ2) is 12.0. The van der Waals surface area contributed by atoms with Gasteiger partial charge in [-0.15, -0.1) is 6.58 Å². The Kier molecular flexibility index (Phi) is 9.28. The van der Waals surface area contributed by atoms with Crippen LogP contribution in [0.5, 0.6) is 0 Å². The van der Waals surface area contributed by atoms with E-state index in [0.29, 0.717) is 12.6 Å². The van der Waals surface area contributed by atoms with Crippen molar-refractivity contribution in [1.82, 2.24) is 10.3 Å². The summed E-state index contributed by atoms with van der Waals surface area (Å²) in [6.45, 7) is 4.41. The number of nitrogens with zero attached hydrogens (tertiary/aromatic N) is 1. The molecule has 0 saturated carbocycles. The van der Waals surface area contributed by atoms with E-state index in [-0.39, 0.29) is 5.56 Å². The Morgan fingerprint density at radius 2 is 1.96 bits per heavy atom. The minimum atomic E-state index is -0.916. The van der Waals surface area contributed by atoms with E-state index < -0.39 is 5.97 Å². The average molecular weight is 367 g/mol. The lowest BCUT2D eigenvalue weighted by Gasteiger charge is -2.18. The van der Waals surface area contributed by atoms with Gasteiger partial charge in [0, 0.05) is 18.8 Å². The number of pyridine rings is 1. The first-order valence-corrected chi connectivity index (χ1v) is 9.75. The van der Waals surface area contributed by atoms with Crippen molar-refractivity contribution < 1.29 is 9.90 Å². The average Bonchev–Trinajstić information content (AvgIpc) is 2.70. The van der Waals surface area contributed by atoms with E-state index in [1.807, 2.05) is 6.08 Å². The number of aromatic nitrogens is 1. The summed E-state index contributed by atoms with van der Waals surface area (Å²) in [5, 5.41) is 12.6. The van der Waals surface area contributed by atoms with Gasteiger partial charge in [-0.05, 0) is 49.8 Å². The molecule has 2 rings (SSSR count). The largest absolute Gasteiger partial charge is 0.478 e. The maximum Gasteiger partial charge on any atom is 0.335 e. The van der Waals surface area contributed by atoms with Crippen LogP contribution < -0.4 is 5.32 Å². The van der Waals surface area contributed by atoms with Crippen molar-refractivity contribution in [2.75, 3.05) is 0 Å². The SMILES string of the molecule is C=CCC[C@H](CCCCCc1ccccc1)NCc1cc(C(=O)O)ccn1. The normalized spacial score (nSPS) is 11.9. The Labute approximate surface area is 162 Å². The van der Waals surface area contributed by atoms with E-state index in [4.69, 9.17) is 5.11 Å². The van der Waals surface area contributed by atoms with Gasteiger partial charge in [-0.2, -0.15) is 0 Å². The molecular weight excluding hydrogens is 336 g/mol. The molecule has 4 heteroatoms. The number of unbranched alkanes of at least 4 members (excludes halogenated alkanes) is 2. The molecule has 0 unspecified atom stereocenters. The first-order valence-electron chi connectivity index (χ1n) is 9.75. The molecule has 0 saturated heterocycles. The van der Waals surface area contributed by atoms with E-state index in [9.17, 15) is 4.79 Å². The molecule has 2 aromatic rings. The zero-order chi connectivity index (χ0) is 19.3. The van der Waals surface area contributed by atoms with Crippen molar-refractivity contribution in [3.8, 4) is 0 Å². The van der Waals surface area contributed by atoms with Crippen molar-refractivity contribution in [2.24, 2.45) is 0 Å². The Hall–Kier alpha value is -2.46. The second-order valence-electron chi connectivity index (χ2n) is 6.87. The molecule has 144 valence electrons. The van der Waals surface area contributed by atoms with Gasteiger partial charge in [0.25, 0.3) is 0 Å². The summed E-state index contributed by atoms with van der Waals surface area (Å²) >= 11 is 0. The lowest BCUT2D eigenvalue weighted by atomic mass is 10.0. The monoisotopic (exact) mass is 366 g/mol. The quantitative estimate of drug-likeness (QED) is 0.386. The van der Waals surface area contributed by atoms with Crippen LogP contribution in [0.4, 0.5) is 0 Å². The first kappa shape index (κ1) is 20.8. The Morgan fingerprint density at radius 3 is 2.70 bits per heavy atom. The number of aromatic carboxylic acids is 1. The fourth-order valence-corrected chi connectivity index (χ4v) is 3.17. The Bertz CT molecular complexity index is 701. The van der Waals surface area contributed by atoms with Gasteiger partial charge >= 0.3 is 5.97 Å². The van der Waals surface area contributed by atoms with Gasteiger partial charge in [0.2, 0.25) is 0 Å². The van der Waals surface area contributed by atoms with Crippen LogP contribution in [0, 0.1) is 0 Å².